The van der Waals surface area contributed by atoms with E-state index in [1.54, 1.807) is 0 Å². The summed E-state index contributed by atoms with van der Waals surface area (Å²) in [7, 11) is 0. The number of benzene rings is 3. The molecule has 0 aliphatic carbocycles. The maximum absolute atomic E-state index is 12.6. The zero-order valence-electron chi connectivity index (χ0n) is 15.4. The van der Waals surface area contributed by atoms with Gasteiger partial charge in [-0.05, 0) is 40.8 Å². The highest BCUT2D eigenvalue weighted by Gasteiger charge is 2.12. The highest BCUT2D eigenvalue weighted by molar-refractivity contribution is 6.04. The van der Waals surface area contributed by atoms with Crippen molar-refractivity contribution in [1.29, 1.82) is 0 Å². The molecule has 132 valence electrons. The molecule has 0 atom stereocenters. The van der Waals surface area contributed by atoms with Gasteiger partial charge in [-0.15, -0.1) is 0 Å². The van der Waals surface area contributed by atoms with Gasteiger partial charge in [0.15, 0.2) is 11.6 Å². The van der Waals surface area contributed by atoms with Gasteiger partial charge < -0.3 is 0 Å². The molecule has 3 aromatic rings. The summed E-state index contributed by atoms with van der Waals surface area (Å²) in [5.41, 5.74) is 3.82. The van der Waals surface area contributed by atoms with E-state index in [0.29, 0.717) is 11.1 Å². The van der Waals surface area contributed by atoms with Gasteiger partial charge in [-0.1, -0.05) is 68.4 Å². The first-order valence-electron chi connectivity index (χ1n) is 9.29. The summed E-state index contributed by atoms with van der Waals surface area (Å²) >= 11 is 0. The van der Waals surface area contributed by atoms with E-state index in [1.807, 2.05) is 48.5 Å². The third kappa shape index (κ3) is 3.91. The minimum absolute atomic E-state index is 0.0241. The van der Waals surface area contributed by atoms with Gasteiger partial charge in [0, 0.05) is 24.0 Å². The maximum Gasteiger partial charge on any atom is 0.163 e. The van der Waals surface area contributed by atoms with Crippen LogP contribution in [0.3, 0.4) is 0 Å². The molecular weight excluding hydrogens is 320 g/mol. The Kier molecular flexibility index (Phi) is 5.62. The molecule has 0 heterocycles. The smallest absolute Gasteiger partial charge is 0.163 e. The Balaban J connectivity index is 1.71. The number of aryl methyl sites for hydroxylation is 2. The number of carbonyl (C=O) groups is 2. The van der Waals surface area contributed by atoms with Gasteiger partial charge in [0.2, 0.25) is 0 Å². The monoisotopic (exact) mass is 344 g/mol. The van der Waals surface area contributed by atoms with Gasteiger partial charge in [0.05, 0.1) is 0 Å². The molecular formula is C24H24O2. The third-order valence-corrected chi connectivity index (χ3v) is 4.94. The van der Waals surface area contributed by atoms with Gasteiger partial charge in [-0.25, -0.2) is 0 Å². The zero-order valence-corrected chi connectivity index (χ0v) is 15.4. The molecule has 0 aromatic heterocycles. The lowest BCUT2D eigenvalue weighted by Crippen LogP contribution is -2.05. The van der Waals surface area contributed by atoms with Gasteiger partial charge in [-0.3, -0.25) is 9.59 Å². The molecule has 0 aliphatic heterocycles. The van der Waals surface area contributed by atoms with Crippen LogP contribution in [-0.4, -0.2) is 11.6 Å². The van der Waals surface area contributed by atoms with E-state index >= 15 is 0 Å². The molecule has 2 nitrogen and oxygen atoms in total. The number of ketones is 2. The molecule has 0 N–H and O–H groups in total. The molecule has 3 aromatic carbocycles. The van der Waals surface area contributed by atoms with Crippen LogP contribution in [0.4, 0.5) is 0 Å². The van der Waals surface area contributed by atoms with Crippen molar-refractivity contribution in [2.45, 2.75) is 39.5 Å². The Morgan fingerprint density at radius 3 is 2.04 bits per heavy atom. The first kappa shape index (κ1) is 18.1. The Hall–Kier alpha value is -2.74. The number of Topliss-reactive ketones (excluding diaryl/α,β-unsaturated/α-hetero) is 2. The van der Waals surface area contributed by atoms with Crippen LogP contribution in [0.1, 0.15) is 58.5 Å². The summed E-state index contributed by atoms with van der Waals surface area (Å²) in [6.45, 7) is 4.20. The molecule has 3 rings (SSSR count). The van der Waals surface area contributed by atoms with Crippen molar-refractivity contribution >= 4 is 22.3 Å². The topological polar surface area (TPSA) is 34.1 Å². The highest BCUT2D eigenvalue weighted by Crippen LogP contribution is 2.22. The van der Waals surface area contributed by atoms with E-state index in [0.717, 1.165) is 23.6 Å². The fourth-order valence-corrected chi connectivity index (χ4v) is 3.26. The molecule has 26 heavy (non-hydrogen) atoms. The zero-order chi connectivity index (χ0) is 18.5. The maximum atomic E-state index is 12.6. The SMILES string of the molecule is CCc1ccc(C(=O)CCC(=O)c2ccc3cccc(CC)c3c2)cc1. The number of hydrogen-bond donors (Lipinski definition) is 0. The molecule has 0 unspecified atom stereocenters. The fourth-order valence-electron chi connectivity index (χ4n) is 3.26. The summed E-state index contributed by atoms with van der Waals surface area (Å²) in [5.74, 6) is 0.0485. The summed E-state index contributed by atoms with van der Waals surface area (Å²) in [6, 6.07) is 19.7. The molecule has 0 amide bonds. The van der Waals surface area contributed by atoms with E-state index in [-0.39, 0.29) is 24.4 Å². The molecule has 0 fully saturated rings. The Morgan fingerprint density at radius 2 is 1.38 bits per heavy atom. The van der Waals surface area contributed by atoms with Crippen LogP contribution < -0.4 is 0 Å². The van der Waals surface area contributed by atoms with Gasteiger partial charge in [-0.2, -0.15) is 0 Å². The predicted octanol–water partition coefficient (Wildman–Crippen LogP) is 5.81. The minimum Gasteiger partial charge on any atom is -0.294 e. The van der Waals surface area contributed by atoms with Crippen LogP contribution in [-0.2, 0) is 12.8 Å². The van der Waals surface area contributed by atoms with Crippen molar-refractivity contribution in [1.82, 2.24) is 0 Å². The van der Waals surface area contributed by atoms with Crippen LogP contribution >= 0.6 is 0 Å². The lowest BCUT2D eigenvalue weighted by molar-refractivity contribution is 0.0917. The van der Waals surface area contributed by atoms with E-state index in [9.17, 15) is 9.59 Å². The molecule has 0 bridgehead atoms. The molecule has 0 saturated heterocycles. The summed E-state index contributed by atoms with van der Waals surface area (Å²) in [4.78, 5) is 24.9. The second-order valence-corrected chi connectivity index (χ2v) is 6.60. The summed E-state index contributed by atoms with van der Waals surface area (Å²) < 4.78 is 0. The lowest BCUT2D eigenvalue weighted by atomic mass is 9.96. The predicted molar refractivity (Wildman–Crippen MR) is 107 cm³/mol. The normalized spacial score (nSPS) is 10.8. The Morgan fingerprint density at radius 1 is 0.731 bits per heavy atom. The van der Waals surface area contributed by atoms with Crippen molar-refractivity contribution in [3.05, 3.63) is 82.9 Å². The van der Waals surface area contributed by atoms with Crippen molar-refractivity contribution in [3.8, 4) is 0 Å². The second kappa shape index (κ2) is 8.09. The highest BCUT2D eigenvalue weighted by atomic mass is 16.1. The molecule has 0 aliphatic rings. The van der Waals surface area contributed by atoms with Crippen LogP contribution in [0.5, 0.6) is 0 Å². The van der Waals surface area contributed by atoms with Gasteiger partial charge in [0.25, 0.3) is 0 Å². The number of fused-ring (bicyclic) bond motifs is 1. The fraction of sp³-hybridized carbons (Fsp3) is 0.250. The summed E-state index contributed by atoms with van der Waals surface area (Å²) in [5, 5.41) is 2.27. The van der Waals surface area contributed by atoms with E-state index in [2.05, 4.69) is 26.0 Å². The largest absolute Gasteiger partial charge is 0.294 e. The van der Waals surface area contributed by atoms with Crippen LogP contribution in [0, 0.1) is 0 Å². The van der Waals surface area contributed by atoms with Crippen molar-refractivity contribution < 1.29 is 9.59 Å². The number of hydrogen-bond acceptors (Lipinski definition) is 2. The first-order chi connectivity index (χ1) is 12.6. The van der Waals surface area contributed by atoms with Gasteiger partial charge >= 0.3 is 0 Å². The molecule has 0 saturated carbocycles. The molecule has 2 heteroatoms. The summed E-state index contributed by atoms with van der Waals surface area (Å²) in [6.07, 6.45) is 2.38. The van der Waals surface area contributed by atoms with Gasteiger partial charge in [0.1, 0.15) is 0 Å². The first-order valence-corrected chi connectivity index (χ1v) is 9.29. The van der Waals surface area contributed by atoms with Crippen LogP contribution in [0.15, 0.2) is 60.7 Å². The Labute approximate surface area is 154 Å². The van der Waals surface area contributed by atoms with Crippen molar-refractivity contribution in [3.63, 3.8) is 0 Å². The van der Waals surface area contributed by atoms with Crippen LogP contribution in [0.25, 0.3) is 10.8 Å². The average molecular weight is 344 g/mol. The van der Waals surface area contributed by atoms with E-state index in [4.69, 9.17) is 0 Å². The van der Waals surface area contributed by atoms with Crippen molar-refractivity contribution in [2.75, 3.05) is 0 Å². The molecule has 0 spiro atoms. The van der Waals surface area contributed by atoms with Crippen molar-refractivity contribution in [2.24, 2.45) is 0 Å². The van der Waals surface area contributed by atoms with E-state index < -0.39 is 0 Å². The quantitative estimate of drug-likeness (QED) is 0.507. The third-order valence-electron chi connectivity index (χ3n) is 4.94. The molecule has 0 radical (unpaired) electrons. The second-order valence-electron chi connectivity index (χ2n) is 6.60. The number of carbonyl (C=O) groups excluding carboxylic acids is 2. The number of rotatable bonds is 7. The Bertz CT molecular complexity index is 936. The minimum atomic E-state index is 0.0241. The lowest BCUT2D eigenvalue weighted by Gasteiger charge is -2.07. The standard InChI is InChI=1S/C24H24O2/c1-3-17-8-10-20(11-9-17)23(25)14-15-24(26)21-13-12-19-7-5-6-18(4-2)22(19)16-21/h5-13,16H,3-4,14-15H2,1-2H3. The average Bonchev–Trinajstić information content (AvgIpc) is 2.70. The van der Waals surface area contributed by atoms with Crippen LogP contribution in [0.2, 0.25) is 0 Å². The van der Waals surface area contributed by atoms with E-state index in [1.165, 1.54) is 11.1 Å².